The third-order valence-electron chi connectivity index (χ3n) is 3.37. The monoisotopic (exact) mass is 315 g/mol. The molecule has 5 atom stereocenters. The van der Waals surface area contributed by atoms with Crippen LogP contribution in [0, 0.1) is 10.1 Å². The van der Waals surface area contributed by atoms with Gasteiger partial charge in [-0.2, -0.15) is 11.8 Å². The van der Waals surface area contributed by atoms with Crippen LogP contribution < -0.4 is 0 Å². The molecule has 0 spiro atoms. The number of benzene rings is 1. The Labute approximate surface area is 123 Å². The molecule has 2 fully saturated rings. The van der Waals surface area contributed by atoms with Crippen LogP contribution in [0.5, 0.6) is 0 Å². The summed E-state index contributed by atoms with van der Waals surface area (Å²) in [5.74, 6) is 0.585. The standard InChI is InChI=1S/C12H13NO5S2/c14-8-5-19-11-9(15)12(18-10(8)11)20-7-3-1-6(2-4-7)13(16)17/h1-4,8-12,14-15H,5H2/t8-,9-,10-,11-,12+/m1/s1. The van der Waals surface area contributed by atoms with Crippen LogP contribution in [0.3, 0.4) is 0 Å². The molecule has 0 saturated carbocycles. The van der Waals surface area contributed by atoms with Crippen molar-refractivity contribution in [2.24, 2.45) is 0 Å². The summed E-state index contributed by atoms with van der Waals surface area (Å²) in [6.45, 7) is 0. The van der Waals surface area contributed by atoms with Gasteiger partial charge in [-0.05, 0) is 12.1 Å². The Balaban J connectivity index is 1.68. The fraction of sp³-hybridized carbons (Fsp3) is 0.500. The topological polar surface area (TPSA) is 92.8 Å². The summed E-state index contributed by atoms with van der Waals surface area (Å²) in [5.41, 5.74) is -0.418. The molecule has 8 heteroatoms. The van der Waals surface area contributed by atoms with E-state index in [0.29, 0.717) is 5.75 Å². The van der Waals surface area contributed by atoms with Crippen molar-refractivity contribution < 1.29 is 19.9 Å². The molecule has 0 unspecified atom stereocenters. The van der Waals surface area contributed by atoms with Gasteiger partial charge in [-0.1, -0.05) is 11.8 Å². The van der Waals surface area contributed by atoms with Crippen molar-refractivity contribution in [3.05, 3.63) is 34.4 Å². The predicted molar refractivity (Wildman–Crippen MR) is 75.9 cm³/mol. The van der Waals surface area contributed by atoms with Crippen molar-refractivity contribution in [1.29, 1.82) is 0 Å². The highest BCUT2D eigenvalue weighted by molar-refractivity contribution is 8.01. The number of aliphatic hydroxyl groups excluding tert-OH is 2. The number of fused-ring (bicyclic) bond motifs is 1. The first-order chi connectivity index (χ1) is 9.56. The normalized spacial score (nSPS) is 36.0. The van der Waals surface area contributed by atoms with Gasteiger partial charge in [0.05, 0.1) is 16.3 Å². The van der Waals surface area contributed by atoms with E-state index in [1.54, 1.807) is 12.1 Å². The van der Waals surface area contributed by atoms with E-state index < -0.39 is 22.6 Å². The smallest absolute Gasteiger partial charge is 0.269 e. The Bertz CT molecular complexity index is 511. The van der Waals surface area contributed by atoms with E-state index in [1.165, 1.54) is 35.7 Å². The maximum atomic E-state index is 10.6. The predicted octanol–water partition coefficient (Wildman–Crippen LogP) is 1.25. The maximum Gasteiger partial charge on any atom is 0.269 e. The average Bonchev–Trinajstić information content (AvgIpc) is 2.93. The van der Waals surface area contributed by atoms with E-state index in [2.05, 4.69) is 0 Å². The van der Waals surface area contributed by atoms with Gasteiger partial charge in [0, 0.05) is 22.8 Å². The second-order valence-electron chi connectivity index (χ2n) is 4.69. The summed E-state index contributed by atoms with van der Waals surface area (Å²) < 4.78 is 5.70. The van der Waals surface area contributed by atoms with Crippen LogP contribution in [0.25, 0.3) is 0 Å². The third kappa shape index (κ3) is 2.53. The molecule has 0 aromatic heterocycles. The second-order valence-corrected chi connectivity index (χ2v) is 7.08. The maximum absolute atomic E-state index is 10.6. The number of nitro groups is 1. The molecule has 0 aliphatic carbocycles. The lowest BCUT2D eigenvalue weighted by atomic mass is 10.1. The highest BCUT2D eigenvalue weighted by Gasteiger charge is 2.51. The van der Waals surface area contributed by atoms with Crippen molar-refractivity contribution in [2.45, 2.75) is 33.9 Å². The van der Waals surface area contributed by atoms with Crippen LogP contribution in [0.1, 0.15) is 0 Å². The minimum atomic E-state index is -0.651. The summed E-state index contributed by atoms with van der Waals surface area (Å²) in [4.78, 5) is 10.9. The number of hydrogen-bond acceptors (Lipinski definition) is 7. The van der Waals surface area contributed by atoms with E-state index in [0.717, 1.165) is 4.90 Å². The molecule has 0 radical (unpaired) electrons. The molecule has 2 heterocycles. The number of non-ortho nitro benzene ring substituents is 1. The zero-order chi connectivity index (χ0) is 14.3. The second kappa shape index (κ2) is 5.53. The lowest BCUT2D eigenvalue weighted by Crippen LogP contribution is -2.29. The Morgan fingerprint density at radius 1 is 1.35 bits per heavy atom. The van der Waals surface area contributed by atoms with Crippen LogP contribution in [-0.2, 0) is 4.74 Å². The minimum Gasteiger partial charge on any atom is -0.390 e. The largest absolute Gasteiger partial charge is 0.390 e. The van der Waals surface area contributed by atoms with Crippen molar-refractivity contribution in [3.8, 4) is 0 Å². The summed E-state index contributed by atoms with van der Waals surface area (Å²) in [6, 6.07) is 6.12. The summed E-state index contributed by atoms with van der Waals surface area (Å²) >= 11 is 2.84. The lowest BCUT2D eigenvalue weighted by Gasteiger charge is -2.16. The molecule has 2 aliphatic heterocycles. The molecule has 6 nitrogen and oxygen atoms in total. The molecular weight excluding hydrogens is 302 g/mol. The van der Waals surface area contributed by atoms with E-state index in [4.69, 9.17) is 4.74 Å². The van der Waals surface area contributed by atoms with E-state index >= 15 is 0 Å². The number of hydrogen-bond donors (Lipinski definition) is 2. The van der Waals surface area contributed by atoms with Gasteiger partial charge in [-0.3, -0.25) is 10.1 Å². The lowest BCUT2D eigenvalue weighted by molar-refractivity contribution is -0.384. The van der Waals surface area contributed by atoms with Crippen molar-refractivity contribution in [1.82, 2.24) is 0 Å². The van der Waals surface area contributed by atoms with Gasteiger partial charge < -0.3 is 14.9 Å². The van der Waals surface area contributed by atoms with Gasteiger partial charge in [-0.25, -0.2) is 0 Å². The zero-order valence-corrected chi connectivity index (χ0v) is 11.9. The van der Waals surface area contributed by atoms with Gasteiger partial charge in [0.1, 0.15) is 17.6 Å². The molecule has 20 heavy (non-hydrogen) atoms. The Morgan fingerprint density at radius 3 is 2.65 bits per heavy atom. The van der Waals surface area contributed by atoms with Gasteiger partial charge in [0.15, 0.2) is 0 Å². The first-order valence-corrected chi connectivity index (χ1v) is 8.03. The summed E-state index contributed by atoms with van der Waals surface area (Å²) in [7, 11) is 0. The zero-order valence-electron chi connectivity index (χ0n) is 10.3. The number of nitro benzene ring substituents is 1. The molecule has 0 amide bonds. The molecule has 1 aromatic carbocycles. The Morgan fingerprint density at radius 2 is 2.05 bits per heavy atom. The number of thioether (sulfide) groups is 2. The van der Waals surface area contributed by atoms with Crippen LogP contribution in [-0.4, -0.2) is 49.9 Å². The molecule has 108 valence electrons. The molecular formula is C12H13NO5S2. The first kappa shape index (κ1) is 14.2. The van der Waals surface area contributed by atoms with E-state index in [1.807, 2.05) is 0 Å². The average molecular weight is 315 g/mol. The number of nitrogens with zero attached hydrogens (tertiary/aromatic N) is 1. The molecule has 3 rings (SSSR count). The highest BCUT2D eigenvalue weighted by Crippen LogP contribution is 2.44. The quantitative estimate of drug-likeness (QED) is 0.640. The molecule has 0 bridgehead atoms. The first-order valence-electron chi connectivity index (χ1n) is 6.10. The van der Waals surface area contributed by atoms with Crippen LogP contribution >= 0.6 is 23.5 Å². The van der Waals surface area contributed by atoms with Gasteiger partial charge >= 0.3 is 0 Å². The summed E-state index contributed by atoms with van der Waals surface area (Å²) in [5, 5.41) is 30.4. The van der Waals surface area contributed by atoms with Crippen molar-refractivity contribution in [2.75, 3.05) is 5.75 Å². The van der Waals surface area contributed by atoms with Crippen molar-refractivity contribution >= 4 is 29.2 Å². The molecule has 2 saturated heterocycles. The fourth-order valence-corrected chi connectivity index (χ4v) is 4.89. The minimum absolute atomic E-state index is 0.0325. The fourth-order valence-electron chi connectivity index (χ4n) is 2.35. The van der Waals surface area contributed by atoms with E-state index in [-0.39, 0.29) is 17.0 Å². The summed E-state index contributed by atoms with van der Waals surface area (Å²) in [6.07, 6.45) is -1.52. The van der Waals surface area contributed by atoms with Gasteiger partial charge in [0.2, 0.25) is 0 Å². The molecule has 1 aromatic rings. The van der Waals surface area contributed by atoms with Gasteiger partial charge in [-0.15, -0.1) is 0 Å². The molecule has 2 aliphatic rings. The van der Waals surface area contributed by atoms with Crippen molar-refractivity contribution in [3.63, 3.8) is 0 Å². The number of ether oxygens (including phenoxy) is 1. The Hall–Kier alpha value is -0.800. The molecule has 2 N–H and O–H groups in total. The Kier molecular flexibility index (Phi) is 3.91. The number of aliphatic hydroxyl groups is 2. The highest BCUT2D eigenvalue weighted by atomic mass is 32.2. The van der Waals surface area contributed by atoms with E-state index in [9.17, 15) is 20.3 Å². The van der Waals surface area contributed by atoms with Crippen LogP contribution in [0.4, 0.5) is 5.69 Å². The van der Waals surface area contributed by atoms with Crippen LogP contribution in [0.2, 0.25) is 0 Å². The van der Waals surface area contributed by atoms with Crippen LogP contribution in [0.15, 0.2) is 29.2 Å². The SMILES string of the molecule is O=[N+]([O-])c1ccc(S[C@@H]2O[C@H]3[C@H](SC[C@H]3O)[C@H]2O)cc1. The third-order valence-corrected chi connectivity index (χ3v) is 6.00. The van der Waals surface area contributed by atoms with Gasteiger partial charge in [0.25, 0.3) is 5.69 Å². The number of rotatable bonds is 3.